The lowest BCUT2D eigenvalue weighted by Crippen LogP contribution is -2.34. The summed E-state index contributed by atoms with van der Waals surface area (Å²) in [6.45, 7) is 1.69. The van der Waals surface area contributed by atoms with Gasteiger partial charge in [0.2, 0.25) is 0 Å². The summed E-state index contributed by atoms with van der Waals surface area (Å²) in [6, 6.07) is 8.64. The van der Waals surface area contributed by atoms with Crippen LogP contribution >= 0.6 is 0 Å². The van der Waals surface area contributed by atoms with Crippen LogP contribution in [0.15, 0.2) is 34.7 Å². The Hall–Kier alpha value is -2.56. The van der Waals surface area contributed by atoms with Crippen molar-refractivity contribution in [1.29, 1.82) is 0 Å². The van der Waals surface area contributed by atoms with Crippen LogP contribution in [0.1, 0.15) is 17.5 Å². The summed E-state index contributed by atoms with van der Waals surface area (Å²) in [6.07, 6.45) is 0.151. The number of benzene rings is 1. The number of carbonyl (C=O) groups excluding carboxylic acids is 2. The molecule has 0 saturated carbocycles. The minimum atomic E-state index is -0.497. The van der Waals surface area contributed by atoms with E-state index in [0.717, 1.165) is 5.56 Å². The van der Waals surface area contributed by atoms with E-state index in [9.17, 15) is 9.59 Å². The molecule has 0 spiro atoms. The smallest absolute Gasteiger partial charge is 0.265 e. The van der Waals surface area contributed by atoms with Gasteiger partial charge in [0.1, 0.15) is 11.5 Å². The van der Waals surface area contributed by atoms with Crippen molar-refractivity contribution in [3.63, 3.8) is 0 Å². The van der Waals surface area contributed by atoms with Crippen molar-refractivity contribution in [2.45, 2.75) is 13.0 Å². The average Bonchev–Trinajstić information content (AvgIpc) is 2.88. The fourth-order valence-electron chi connectivity index (χ4n) is 1.93. The maximum absolute atomic E-state index is 11.5. The number of rotatable bonds is 2. The zero-order valence-corrected chi connectivity index (χ0v) is 10.2. The first-order valence-corrected chi connectivity index (χ1v) is 5.84. The van der Waals surface area contributed by atoms with E-state index in [1.165, 1.54) is 0 Å². The number of amides is 1. The summed E-state index contributed by atoms with van der Waals surface area (Å²) >= 11 is 0. The van der Waals surface area contributed by atoms with Gasteiger partial charge in [-0.2, -0.15) is 0 Å². The zero-order valence-electron chi connectivity index (χ0n) is 10.2. The molecule has 3 rings (SSSR count). The van der Waals surface area contributed by atoms with Gasteiger partial charge in [0, 0.05) is 5.56 Å². The van der Waals surface area contributed by atoms with E-state index in [1.807, 2.05) is 6.07 Å². The molecule has 1 N–H and O–H groups in total. The number of carbonyl (C=O) groups is 2. The van der Waals surface area contributed by atoms with Crippen LogP contribution < -0.4 is 10.1 Å². The van der Waals surface area contributed by atoms with Crippen LogP contribution in [0.25, 0.3) is 11.3 Å². The van der Waals surface area contributed by atoms with Gasteiger partial charge in [-0.3, -0.25) is 9.59 Å². The second kappa shape index (κ2) is 4.28. The fourth-order valence-corrected chi connectivity index (χ4v) is 1.93. The van der Waals surface area contributed by atoms with Crippen molar-refractivity contribution >= 4 is 17.9 Å². The van der Waals surface area contributed by atoms with Crippen molar-refractivity contribution in [3.8, 4) is 17.1 Å². The van der Waals surface area contributed by atoms with Crippen LogP contribution in [0.3, 0.4) is 0 Å². The summed E-state index contributed by atoms with van der Waals surface area (Å²) in [4.78, 5) is 22.1. The number of hydrogen-bond donors (Lipinski definition) is 1. The molecule has 0 fully saturated rings. The van der Waals surface area contributed by atoms with Gasteiger partial charge < -0.3 is 14.5 Å². The molecule has 0 saturated heterocycles. The fraction of sp³-hybridized carbons (Fsp3) is 0.143. The molecule has 5 nitrogen and oxygen atoms in total. The monoisotopic (exact) mass is 257 g/mol. The molecule has 1 amide bonds. The number of furan rings is 1. The van der Waals surface area contributed by atoms with Gasteiger partial charge in [-0.25, -0.2) is 0 Å². The van der Waals surface area contributed by atoms with Gasteiger partial charge in [0.15, 0.2) is 18.2 Å². The molecule has 0 bridgehead atoms. The van der Waals surface area contributed by atoms with E-state index in [0.29, 0.717) is 23.5 Å². The third-order valence-electron chi connectivity index (χ3n) is 2.94. The molecule has 1 aliphatic heterocycles. The third-order valence-corrected chi connectivity index (χ3v) is 2.94. The van der Waals surface area contributed by atoms with Gasteiger partial charge in [-0.15, -0.1) is 0 Å². The number of aldehydes is 1. The molecule has 2 aromatic rings. The maximum atomic E-state index is 11.5. The van der Waals surface area contributed by atoms with Crippen LogP contribution in [0, 0.1) is 0 Å². The molecule has 1 aromatic heterocycles. The number of nitrogens with one attached hydrogen (secondary N) is 1. The van der Waals surface area contributed by atoms with E-state index in [-0.39, 0.29) is 11.7 Å². The van der Waals surface area contributed by atoms with E-state index < -0.39 is 6.10 Å². The van der Waals surface area contributed by atoms with Crippen molar-refractivity contribution < 1.29 is 18.7 Å². The largest absolute Gasteiger partial charge is 0.479 e. The van der Waals surface area contributed by atoms with Crippen LogP contribution in [-0.4, -0.2) is 18.3 Å². The highest BCUT2D eigenvalue weighted by molar-refractivity contribution is 5.98. The molecule has 1 aliphatic rings. The zero-order chi connectivity index (χ0) is 13.4. The Balaban J connectivity index is 1.99. The van der Waals surface area contributed by atoms with E-state index in [2.05, 4.69) is 5.32 Å². The molecule has 5 heteroatoms. The molecule has 19 heavy (non-hydrogen) atoms. The Morgan fingerprint density at radius 3 is 2.84 bits per heavy atom. The van der Waals surface area contributed by atoms with Crippen molar-refractivity contribution in [2.75, 3.05) is 5.32 Å². The average molecular weight is 257 g/mol. The summed E-state index contributed by atoms with van der Waals surface area (Å²) in [7, 11) is 0. The summed E-state index contributed by atoms with van der Waals surface area (Å²) in [5.41, 5.74) is 1.37. The first kappa shape index (κ1) is 11.5. The quantitative estimate of drug-likeness (QED) is 0.839. The highest BCUT2D eigenvalue weighted by atomic mass is 16.5. The van der Waals surface area contributed by atoms with E-state index in [4.69, 9.17) is 9.15 Å². The number of anilines is 1. The standard InChI is InChI=1S/C14H11NO4/c1-8-14(17)15-11-6-9(2-4-13(11)18-8)12-5-3-10(7-16)19-12/h2-8H,1H3,(H,15,17). The van der Waals surface area contributed by atoms with Gasteiger partial charge in [-0.1, -0.05) is 0 Å². The van der Waals surface area contributed by atoms with Crippen molar-refractivity contribution in [1.82, 2.24) is 0 Å². The first-order valence-electron chi connectivity index (χ1n) is 5.84. The molecular weight excluding hydrogens is 246 g/mol. The first-order chi connectivity index (χ1) is 9.17. The normalized spacial score (nSPS) is 17.3. The molecule has 1 unspecified atom stereocenters. The van der Waals surface area contributed by atoms with Crippen LogP contribution in [0.4, 0.5) is 5.69 Å². The lowest BCUT2D eigenvalue weighted by atomic mass is 10.1. The lowest BCUT2D eigenvalue weighted by Gasteiger charge is -2.23. The van der Waals surface area contributed by atoms with Gasteiger partial charge in [0.25, 0.3) is 5.91 Å². The maximum Gasteiger partial charge on any atom is 0.265 e. The second-order valence-corrected chi connectivity index (χ2v) is 4.28. The predicted molar refractivity (Wildman–Crippen MR) is 68.3 cm³/mol. The van der Waals surface area contributed by atoms with Crippen LogP contribution in [0.2, 0.25) is 0 Å². The summed E-state index contributed by atoms with van der Waals surface area (Å²) in [5.74, 6) is 1.27. The van der Waals surface area contributed by atoms with E-state index in [1.54, 1.807) is 31.2 Å². The number of fused-ring (bicyclic) bond motifs is 1. The van der Waals surface area contributed by atoms with Gasteiger partial charge in [-0.05, 0) is 37.3 Å². The minimum Gasteiger partial charge on any atom is -0.479 e. The number of ether oxygens (including phenoxy) is 1. The lowest BCUT2D eigenvalue weighted by molar-refractivity contribution is -0.122. The molecule has 1 atom stereocenters. The highest BCUT2D eigenvalue weighted by Gasteiger charge is 2.23. The second-order valence-electron chi connectivity index (χ2n) is 4.28. The van der Waals surface area contributed by atoms with Crippen LogP contribution in [-0.2, 0) is 4.79 Å². The highest BCUT2D eigenvalue weighted by Crippen LogP contribution is 2.34. The Bertz CT molecular complexity index is 659. The SMILES string of the molecule is CC1Oc2ccc(-c3ccc(C=O)o3)cc2NC1=O. The number of hydrogen-bond acceptors (Lipinski definition) is 4. The molecule has 0 radical (unpaired) electrons. The molecule has 1 aromatic carbocycles. The molecule has 2 heterocycles. The Labute approximate surface area is 109 Å². The van der Waals surface area contributed by atoms with Gasteiger partial charge >= 0.3 is 0 Å². The Morgan fingerprint density at radius 2 is 2.11 bits per heavy atom. The van der Waals surface area contributed by atoms with Crippen molar-refractivity contribution in [3.05, 3.63) is 36.1 Å². The Kier molecular flexibility index (Phi) is 2.59. The summed E-state index contributed by atoms with van der Waals surface area (Å²) < 4.78 is 10.8. The third kappa shape index (κ3) is 1.99. The molecule has 0 aliphatic carbocycles. The van der Waals surface area contributed by atoms with Crippen molar-refractivity contribution in [2.24, 2.45) is 0 Å². The Morgan fingerprint density at radius 1 is 1.26 bits per heavy atom. The predicted octanol–water partition coefficient (Wildman–Crippen LogP) is 2.48. The van der Waals surface area contributed by atoms with Gasteiger partial charge in [0.05, 0.1) is 5.69 Å². The summed E-state index contributed by atoms with van der Waals surface area (Å²) in [5, 5.41) is 2.77. The van der Waals surface area contributed by atoms with E-state index >= 15 is 0 Å². The molecule has 96 valence electrons. The topological polar surface area (TPSA) is 68.5 Å². The van der Waals surface area contributed by atoms with Crippen LogP contribution in [0.5, 0.6) is 5.75 Å². The molecular formula is C14H11NO4. The minimum absolute atomic E-state index is 0.183.